The van der Waals surface area contributed by atoms with Gasteiger partial charge in [0.2, 0.25) is 0 Å². The highest BCUT2D eigenvalue weighted by molar-refractivity contribution is 5.77. The van der Waals surface area contributed by atoms with Gasteiger partial charge in [-0.25, -0.2) is 0 Å². The van der Waals surface area contributed by atoms with Gasteiger partial charge >= 0.3 is 0 Å². The fourth-order valence-electron chi connectivity index (χ4n) is 2.34. The molecule has 0 spiro atoms. The van der Waals surface area contributed by atoms with E-state index in [0.29, 0.717) is 18.1 Å². The zero-order valence-corrected chi connectivity index (χ0v) is 12.9. The predicted molar refractivity (Wildman–Crippen MR) is 85.9 cm³/mol. The van der Waals surface area contributed by atoms with Gasteiger partial charge in [-0.3, -0.25) is 4.79 Å². The van der Waals surface area contributed by atoms with Gasteiger partial charge in [0, 0.05) is 0 Å². The van der Waals surface area contributed by atoms with E-state index in [2.05, 4.69) is 5.32 Å². The summed E-state index contributed by atoms with van der Waals surface area (Å²) < 4.78 is 17.0. The van der Waals surface area contributed by atoms with E-state index in [1.165, 1.54) is 0 Å². The molecular formula is C18H19NO4. The standard InChI is InChI=1S/C18H19NO4/c1-13(17-11-22-15-9-5-6-10-16(15)23-17)19-18(20)12-21-14-7-3-2-4-8-14/h2-10,13,17H,11-12H2,1H3,(H,19,20)/t13-,17+/m0/s1. The number of nitrogens with one attached hydrogen (secondary N) is 1. The lowest BCUT2D eigenvalue weighted by Crippen LogP contribution is -2.49. The molecule has 1 heterocycles. The Kier molecular flexibility index (Phi) is 4.66. The van der Waals surface area contributed by atoms with Crippen LogP contribution in [0.4, 0.5) is 0 Å². The molecule has 2 aromatic carbocycles. The Balaban J connectivity index is 1.49. The van der Waals surface area contributed by atoms with E-state index in [-0.39, 0.29) is 24.7 Å². The molecule has 1 N–H and O–H groups in total. The molecule has 2 aromatic rings. The van der Waals surface area contributed by atoms with Crippen molar-refractivity contribution in [1.82, 2.24) is 5.32 Å². The number of rotatable bonds is 5. The van der Waals surface area contributed by atoms with E-state index in [0.717, 1.165) is 5.75 Å². The molecule has 0 bridgehead atoms. The molecule has 0 fully saturated rings. The second kappa shape index (κ2) is 7.05. The Labute approximate surface area is 135 Å². The Morgan fingerprint density at radius 2 is 1.87 bits per heavy atom. The van der Waals surface area contributed by atoms with Crippen molar-refractivity contribution >= 4 is 5.91 Å². The van der Waals surface area contributed by atoms with Gasteiger partial charge in [0.05, 0.1) is 6.04 Å². The fraction of sp³-hybridized carbons (Fsp3) is 0.278. The molecule has 0 aromatic heterocycles. The molecule has 0 aliphatic carbocycles. The third-order valence-electron chi connectivity index (χ3n) is 3.59. The number of carbonyl (C=O) groups excluding carboxylic acids is 1. The summed E-state index contributed by atoms with van der Waals surface area (Å²) >= 11 is 0. The molecule has 2 atom stereocenters. The van der Waals surface area contributed by atoms with Crippen LogP contribution in [0, 0.1) is 0 Å². The second-order valence-corrected chi connectivity index (χ2v) is 5.37. The van der Waals surface area contributed by atoms with Gasteiger partial charge in [-0.05, 0) is 31.2 Å². The summed E-state index contributed by atoms with van der Waals surface area (Å²) in [7, 11) is 0. The molecule has 23 heavy (non-hydrogen) atoms. The first-order valence-electron chi connectivity index (χ1n) is 7.58. The minimum Gasteiger partial charge on any atom is -0.486 e. The normalized spacial score (nSPS) is 17.2. The quantitative estimate of drug-likeness (QED) is 0.921. The highest BCUT2D eigenvalue weighted by Crippen LogP contribution is 2.31. The molecule has 5 heteroatoms. The van der Waals surface area contributed by atoms with Gasteiger partial charge < -0.3 is 19.5 Å². The summed E-state index contributed by atoms with van der Waals surface area (Å²) in [4.78, 5) is 12.0. The lowest BCUT2D eigenvalue weighted by molar-refractivity contribution is -0.124. The smallest absolute Gasteiger partial charge is 0.258 e. The van der Waals surface area contributed by atoms with E-state index in [1.54, 1.807) is 0 Å². The number of benzene rings is 2. The van der Waals surface area contributed by atoms with Crippen LogP contribution in [0.5, 0.6) is 17.2 Å². The topological polar surface area (TPSA) is 56.8 Å². The zero-order chi connectivity index (χ0) is 16.1. The van der Waals surface area contributed by atoms with E-state index >= 15 is 0 Å². The lowest BCUT2D eigenvalue weighted by atomic mass is 10.1. The van der Waals surface area contributed by atoms with Crippen molar-refractivity contribution in [1.29, 1.82) is 0 Å². The fourth-order valence-corrected chi connectivity index (χ4v) is 2.34. The van der Waals surface area contributed by atoms with E-state index in [4.69, 9.17) is 14.2 Å². The third-order valence-corrected chi connectivity index (χ3v) is 3.59. The molecule has 0 unspecified atom stereocenters. The molecule has 0 saturated carbocycles. The number of hydrogen-bond donors (Lipinski definition) is 1. The van der Waals surface area contributed by atoms with Crippen molar-refractivity contribution in [2.24, 2.45) is 0 Å². The highest BCUT2D eigenvalue weighted by atomic mass is 16.6. The first-order chi connectivity index (χ1) is 11.2. The van der Waals surface area contributed by atoms with Crippen LogP contribution in [0.25, 0.3) is 0 Å². The number of para-hydroxylation sites is 3. The van der Waals surface area contributed by atoms with Crippen molar-refractivity contribution in [2.75, 3.05) is 13.2 Å². The number of ether oxygens (including phenoxy) is 3. The van der Waals surface area contributed by atoms with Crippen LogP contribution in [0.2, 0.25) is 0 Å². The Bertz CT molecular complexity index is 659. The summed E-state index contributed by atoms with van der Waals surface area (Å²) in [6, 6.07) is 16.6. The van der Waals surface area contributed by atoms with Crippen LogP contribution < -0.4 is 19.5 Å². The number of amides is 1. The Morgan fingerprint density at radius 1 is 1.17 bits per heavy atom. The minimum atomic E-state index is -0.231. The Hall–Kier alpha value is -2.69. The maximum absolute atomic E-state index is 12.0. The summed E-state index contributed by atoms with van der Waals surface area (Å²) in [5.74, 6) is 1.91. The number of fused-ring (bicyclic) bond motifs is 1. The maximum atomic E-state index is 12.0. The molecule has 0 radical (unpaired) electrons. The van der Waals surface area contributed by atoms with Crippen LogP contribution in [0.15, 0.2) is 54.6 Å². The van der Waals surface area contributed by atoms with Crippen molar-refractivity contribution in [3.63, 3.8) is 0 Å². The third kappa shape index (κ3) is 3.94. The Morgan fingerprint density at radius 3 is 2.65 bits per heavy atom. The van der Waals surface area contributed by atoms with Gasteiger partial charge in [-0.2, -0.15) is 0 Å². The SMILES string of the molecule is C[C@H](NC(=O)COc1ccccc1)[C@H]1COc2ccccc2O1. The van der Waals surface area contributed by atoms with Crippen LogP contribution in [-0.2, 0) is 4.79 Å². The first kappa shape index (κ1) is 15.2. The second-order valence-electron chi connectivity index (χ2n) is 5.37. The van der Waals surface area contributed by atoms with Crippen molar-refractivity contribution < 1.29 is 19.0 Å². The number of hydrogen-bond acceptors (Lipinski definition) is 4. The first-order valence-corrected chi connectivity index (χ1v) is 7.58. The van der Waals surface area contributed by atoms with Gasteiger partial charge in [-0.1, -0.05) is 30.3 Å². The van der Waals surface area contributed by atoms with E-state index < -0.39 is 0 Å². The molecule has 1 amide bonds. The summed E-state index contributed by atoms with van der Waals surface area (Å²) in [6.07, 6.45) is -0.231. The molecule has 120 valence electrons. The highest BCUT2D eigenvalue weighted by Gasteiger charge is 2.27. The van der Waals surface area contributed by atoms with Crippen molar-refractivity contribution in [3.8, 4) is 17.2 Å². The van der Waals surface area contributed by atoms with Gasteiger partial charge in [0.15, 0.2) is 24.2 Å². The molecule has 1 aliphatic heterocycles. The molecule has 3 rings (SSSR count). The van der Waals surface area contributed by atoms with Gasteiger partial charge in [0.1, 0.15) is 12.4 Å². The van der Waals surface area contributed by atoms with Crippen LogP contribution in [-0.4, -0.2) is 31.3 Å². The average molecular weight is 313 g/mol. The average Bonchev–Trinajstić information content (AvgIpc) is 2.60. The monoisotopic (exact) mass is 313 g/mol. The summed E-state index contributed by atoms with van der Waals surface area (Å²) in [5.41, 5.74) is 0. The largest absolute Gasteiger partial charge is 0.486 e. The van der Waals surface area contributed by atoms with Crippen molar-refractivity contribution in [3.05, 3.63) is 54.6 Å². The molecule has 1 aliphatic rings. The van der Waals surface area contributed by atoms with Gasteiger partial charge in [0.25, 0.3) is 5.91 Å². The lowest BCUT2D eigenvalue weighted by Gasteiger charge is -2.30. The van der Waals surface area contributed by atoms with E-state index in [9.17, 15) is 4.79 Å². The van der Waals surface area contributed by atoms with Crippen LogP contribution in [0.3, 0.4) is 0 Å². The van der Waals surface area contributed by atoms with Gasteiger partial charge in [-0.15, -0.1) is 0 Å². The van der Waals surface area contributed by atoms with Crippen LogP contribution in [0.1, 0.15) is 6.92 Å². The molecule has 0 saturated heterocycles. The molecule has 5 nitrogen and oxygen atoms in total. The zero-order valence-electron chi connectivity index (χ0n) is 12.9. The summed E-state index contributed by atoms with van der Waals surface area (Å²) in [6.45, 7) is 2.26. The van der Waals surface area contributed by atoms with Crippen LogP contribution >= 0.6 is 0 Å². The number of carbonyl (C=O) groups is 1. The molecular weight excluding hydrogens is 294 g/mol. The van der Waals surface area contributed by atoms with Crippen molar-refractivity contribution in [2.45, 2.75) is 19.1 Å². The summed E-state index contributed by atoms with van der Waals surface area (Å²) in [5, 5.41) is 2.88. The minimum absolute atomic E-state index is 0.0292. The van der Waals surface area contributed by atoms with E-state index in [1.807, 2.05) is 61.5 Å². The maximum Gasteiger partial charge on any atom is 0.258 e. The predicted octanol–water partition coefficient (Wildman–Crippen LogP) is 2.41.